The van der Waals surface area contributed by atoms with Crippen molar-refractivity contribution in [2.75, 3.05) is 17.2 Å². The highest BCUT2D eigenvalue weighted by Crippen LogP contribution is 2.61. The third-order valence-electron chi connectivity index (χ3n) is 8.35. The number of anilines is 2. The van der Waals surface area contributed by atoms with E-state index < -0.39 is 5.95 Å². The molecule has 4 aliphatic rings. The Hall–Kier alpha value is -3.61. The molecule has 0 unspecified atom stereocenters. The molecule has 3 heterocycles. The molecule has 3 fully saturated rings. The number of fused-ring (bicyclic) bond motifs is 1. The first kappa shape index (κ1) is 26.6. The van der Waals surface area contributed by atoms with Crippen LogP contribution < -0.4 is 21.6 Å². The fraction of sp³-hybridized carbons (Fsp3) is 0.433. The monoisotopic (exact) mass is 560 g/mol. The number of nitriles is 1. The standard InChI is InChI=1S/C30H34ClFN8/c1-16-21(6-7-24(32)36-16)28(25-17(2)40(39-38-25)30-10-18(11-30)12-30)37-20-8-22-26(35-15-29(3,4)5)19(13-33)14-34-27(22)23(31)9-20/h6-9,14,18,28,37-39H,10-12,15H2,1-5H3,(H,34,35)/t18?,28-,30?/m0/s1. The second-order valence-electron chi connectivity index (χ2n) is 12.6. The van der Waals surface area contributed by atoms with E-state index in [-0.39, 0.29) is 17.0 Å². The zero-order valence-corrected chi connectivity index (χ0v) is 24.2. The van der Waals surface area contributed by atoms with Gasteiger partial charge in [-0.1, -0.05) is 38.4 Å². The predicted molar refractivity (Wildman–Crippen MR) is 156 cm³/mol. The first-order valence-electron chi connectivity index (χ1n) is 13.7. The average molecular weight is 561 g/mol. The lowest BCUT2D eigenvalue weighted by molar-refractivity contribution is -0.147. The molecule has 4 N–H and O–H groups in total. The van der Waals surface area contributed by atoms with Gasteiger partial charge in [-0.2, -0.15) is 9.65 Å². The second-order valence-corrected chi connectivity index (χ2v) is 13.0. The van der Waals surface area contributed by atoms with Gasteiger partial charge in [-0.3, -0.25) is 9.99 Å². The molecule has 0 radical (unpaired) electrons. The third kappa shape index (κ3) is 4.49. The van der Waals surface area contributed by atoms with E-state index in [1.165, 1.54) is 25.3 Å². The van der Waals surface area contributed by atoms with Crippen molar-refractivity contribution in [1.29, 1.82) is 5.26 Å². The van der Waals surface area contributed by atoms with E-state index >= 15 is 0 Å². The van der Waals surface area contributed by atoms with E-state index in [2.05, 4.69) is 70.3 Å². The van der Waals surface area contributed by atoms with E-state index in [0.717, 1.165) is 33.9 Å². The quantitative estimate of drug-likeness (QED) is 0.249. The topological polar surface area (TPSA) is 101 Å². The minimum atomic E-state index is -0.517. The minimum Gasteiger partial charge on any atom is -0.383 e. The summed E-state index contributed by atoms with van der Waals surface area (Å²) in [6, 6.07) is 8.86. The zero-order chi connectivity index (χ0) is 28.4. The molecule has 2 aromatic heterocycles. The van der Waals surface area contributed by atoms with Gasteiger partial charge >= 0.3 is 0 Å². The average Bonchev–Trinajstić information content (AvgIpc) is 3.19. The number of aryl methyl sites for hydroxylation is 1. The molecule has 0 amide bonds. The number of halogens is 2. The molecular formula is C30H34ClFN8. The van der Waals surface area contributed by atoms with Gasteiger partial charge in [-0.15, -0.1) is 5.53 Å². The van der Waals surface area contributed by atoms with E-state index in [1.54, 1.807) is 12.3 Å². The van der Waals surface area contributed by atoms with E-state index in [4.69, 9.17) is 11.6 Å². The van der Waals surface area contributed by atoms with Crippen LogP contribution in [0.25, 0.3) is 10.9 Å². The van der Waals surface area contributed by atoms with Crippen LogP contribution in [0.5, 0.6) is 0 Å². The van der Waals surface area contributed by atoms with E-state index in [0.29, 0.717) is 34.0 Å². The summed E-state index contributed by atoms with van der Waals surface area (Å²) in [5.41, 5.74) is 12.9. The van der Waals surface area contributed by atoms with Gasteiger partial charge in [0.2, 0.25) is 5.95 Å². The van der Waals surface area contributed by atoms with Gasteiger partial charge in [0.1, 0.15) is 6.07 Å². The molecular weight excluding hydrogens is 527 g/mol. The molecule has 0 spiro atoms. The third-order valence-corrected chi connectivity index (χ3v) is 8.64. The number of benzene rings is 1. The summed E-state index contributed by atoms with van der Waals surface area (Å²) in [5.74, 6) is 0.320. The lowest BCUT2D eigenvalue weighted by Crippen LogP contribution is -2.70. The van der Waals surface area contributed by atoms with Crippen molar-refractivity contribution < 1.29 is 4.39 Å². The number of nitrogens with zero attached hydrogens (tertiary/aromatic N) is 4. The molecule has 3 aliphatic carbocycles. The molecule has 40 heavy (non-hydrogen) atoms. The largest absolute Gasteiger partial charge is 0.383 e. The van der Waals surface area contributed by atoms with Crippen molar-refractivity contribution >= 4 is 33.9 Å². The Kier molecular flexibility index (Phi) is 6.32. The van der Waals surface area contributed by atoms with Gasteiger partial charge < -0.3 is 16.1 Å². The first-order valence-corrected chi connectivity index (χ1v) is 14.0. The minimum absolute atomic E-state index is 0.00239. The van der Waals surface area contributed by atoms with E-state index in [9.17, 15) is 9.65 Å². The van der Waals surface area contributed by atoms with Crippen molar-refractivity contribution in [2.45, 2.75) is 65.5 Å². The Balaban J connectivity index is 1.43. The molecule has 1 aromatic carbocycles. The number of hydrazine groups is 2. The summed E-state index contributed by atoms with van der Waals surface area (Å²) in [6.45, 7) is 11.0. The summed E-state index contributed by atoms with van der Waals surface area (Å²) >= 11 is 6.78. The Bertz CT molecular complexity index is 1570. The molecule has 0 saturated heterocycles. The highest BCUT2D eigenvalue weighted by atomic mass is 35.5. The fourth-order valence-corrected chi connectivity index (χ4v) is 6.43. The Morgan fingerprint density at radius 1 is 1.25 bits per heavy atom. The van der Waals surface area contributed by atoms with Gasteiger partial charge in [0, 0.05) is 35.1 Å². The van der Waals surface area contributed by atoms with Crippen LogP contribution in [-0.4, -0.2) is 27.1 Å². The Morgan fingerprint density at radius 3 is 2.62 bits per heavy atom. The number of aromatic nitrogens is 2. The number of hydrogen-bond donors (Lipinski definition) is 4. The normalized spacial score (nSPS) is 22.4. The van der Waals surface area contributed by atoms with Crippen LogP contribution in [-0.2, 0) is 0 Å². The number of hydrogen-bond acceptors (Lipinski definition) is 8. The van der Waals surface area contributed by atoms with Gasteiger partial charge in [0.05, 0.1) is 44.8 Å². The summed E-state index contributed by atoms with van der Waals surface area (Å²) in [4.78, 5) is 8.61. The SMILES string of the molecule is CC1=C([C@@H](Nc2cc(Cl)c3ncc(C#N)c(NCC(C)(C)C)c3c2)c2ccc(F)nc2C)NNN1C12CC(C1)C2. The molecule has 1 aliphatic heterocycles. The van der Waals surface area contributed by atoms with Gasteiger partial charge in [0.15, 0.2) is 0 Å². The second kappa shape index (κ2) is 9.50. The van der Waals surface area contributed by atoms with Crippen molar-refractivity contribution in [1.82, 2.24) is 25.9 Å². The van der Waals surface area contributed by atoms with Crippen molar-refractivity contribution in [3.63, 3.8) is 0 Å². The maximum absolute atomic E-state index is 14.0. The summed E-state index contributed by atoms with van der Waals surface area (Å²) in [5, 5.41) is 20.4. The lowest BCUT2D eigenvalue weighted by atomic mass is 9.49. The van der Waals surface area contributed by atoms with Crippen LogP contribution in [0.4, 0.5) is 15.8 Å². The first-order chi connectivity index (χ1) is 19.0. The Labute approximate surface area is 239 Å². The van der Waals surface area contributed by atoms with E-state index in [1.807, 2.05) is 19.1 Å². The van der Waals surface area contributed by atoms with Crippen LogP contribution in [0.2, 0.25) is 5.02 Å². The molecule has 2 bridgehead atoms. The molecule has 208 valence electrons. The Morgan fingerprint density at radius 2 is 2.00 bits per heavy atom. The number of allylic oxidation sites excluding steroid dienone is 1. The van der Waals surface area contributed by atoms with Gasteiger partial charge in [-0.25, -0.2) is 4.98 Å². The van der Waals surface area contributed by atoms with Crippen LogP contribution >= 0.6 is 11.6 Å². The molecule has 8 nitrogen and oxygen atoms in total. The van der Waals surface area contributed by atoms with Crippen molar-refractivity contribution in [2.24, 2.45) is 11.3 Å². The number of pyridine rings is 2. The summed E-state index contributed by atoms with van der Waals surface area (Å²) in [6.07, 6.45) is 5.14. The van der Waals surface area contributed by atoms with Crippen LogP contribution in [0.3, 0.4) is 0 Å². The van der Waals surface area contributed by atoms with Crippen molar-refractivity contribution in [3.05, 3.63) is 69.6 Å². The zero-order valence-electron chi connectivity index (χ0n) is 23.4. The molecule has 7 rings (SSSR count). The highest BCUT2D eigenvalue weighted by molar-refractivity contribution is 6.35. The summed E-state index contributed by atoms with van der Waals surface area (Å²) in [7, 11) is 0. The predicted octanol–water partition coefficient (Wildman–Crippen LogP) is 6.32. The smallest absolute Gasteiger partial charge is 0.213 e. The highest BCUT2D eigenvalue weighted by Gasteiger charge is 2.61. The molecule has 1 atom stereocenters. The molecule has 3 aromatic rings. The van der Waals surface area contributed by atoms with Crippen LogP contribution in [0.15, 0.2) is 41.9 Å². The van der Waals surface area contributed by atoms with Crippen LogP contribution in [0.1, 0.15) is 69.8 Å². The summed E-state index contributed by atoms with van der Waals surface area (Å²) < 4.78 is 14.0. The van der Waals surface area contributed by atoms with Gasteiger partial charge in [-0.05, 0) is 62.6 Å². The molecule has 3 saturated carbocycles. The van der Waals surface area contributed by atoms with Crippen LogP contribution in [0, 0.1) is 35.5 Å². The fourth-order valence-electron chi connectivity index (χ4n) is 6.16. The maximum Gasteiger partial charge on any atom is 0.213 e. The molecule has 10 heteroatoms. The van der Waals surface area contributed by atoms with Gasteiger partial charge in [0.25, 0.3) is 0 Å². The lowest BCUT2D eigenvalue weighted by Gasteiger charge is -2.65. The number of rotatable bonds is 7. The maximum atomic E-state index is 14.0. The number of nitrogens with one attached hydrogen (secondary N) is 4. The van der Waals surface area contributed by atoms with Crippen molar-refractivity contribution in [3.8, 4) is 6.07 Å².